The van der Waals surface area contributed by atoms with Crippen molar-refractivity contribution < 1.29 is 9.90 Å². The molecule has 0 bridgehead atoms. The summed E-state index contributed by atoms with van der Waals surface area (Å²) in [6, 6.07) is -0.308. The third-order valence-corrected chi connectivity index (χ3v) is 4.59. The van der Waals surface area contributed by atoms with Crippen molar-refractivity contribution in [3.05, 3.63) is 0 Å². The number of carboxylic acids is 1. The lowest BCUT2D eigenvalue weighted by Crippen LogP contribution is -2.56. The molecule has 0 amide bonds. The van der Waals surface area contributed by atoms with E-state index < -0.39 is 5.97 Å². The SMILES string of the molecule is CCCCCCCCCCN1CCN(CC)C(C(=O)O)C1. The summed E-state index contributed by atoms with van der Waals surface area (Å²) in [6.07, 6.45) is 10.7. The molecule has 0 aliphatic carbocycles. The number of hydrogen-bond donors (Lipinski definition) is 1. The number of carboxylic acid groups (broad SMARTS) is 1. The van der Waals surface area contributed by atoms with Crippen LogP contribution in [0.5, 0.6) is 0 Å². The quantitative estimate of drug-likeness (QED) is 0.595. The zero-order valence-electron chi connectivity index (χ0n) is 14.0. The first-order chi connectivity index (χ1) is 10.2. The van der Waals surface area contributed by atoms with Crippen LogP contribution in [0.2, 0.25) is 0 Å². The van der Waals surface area contributed by atoms with Gasteiger partial charge in [-0.1, -0.05) is 58.8 Å². The van der Waals surface area contributed by atoms with Gasteiger partial charge in [-0.2, -0.15) is 0 Å². The summed E-state index contributed by atoms with van der Waals surface area (Å²) in [4.78, 5) is 15.7. The maximum atomic E-state index is 11.3. The van der Waals surface area contributed by atoms with Crippen LogP contribution in [-0.4, -0.2) is 59.6 Å². The van der Waals surface area contributed by atoms with Gasteiger partial charge in [-0.05, 0) is 19.5 Å². The molecule has 1 N–H and O–H groups in total. The maximum Gasteiger partial charge on any atom is 0.322 e. The van der Waals surface area contributed by atoms with Crippen molar-refractivity contribution >= 4 is 5.97 Å². The first-order valence-corrected chi connectivity index (χ1v) is 8.88. The van der Waals surface area contributed by atoms with Gasteiger partial charge in [0, 0.05) is 19.6 Å². The number of carbonyl (C=O) groups is 1. The summed E-state index contributed by atoms with van der Waals surface area (Å²) in [6.45, 7) is 8.81. The second-order valence-electron chi connectivity index (χ2n) is 6.26. The Labute approximate surface area is 130 Å². The number of aliphatic carboxylic acids is 1. The average molecular weight is 298 g/mol. The molecular formula is C17H34N2O2. The largest absolute Gasteiger partial charge is 0.480 e. The van der Waals surface area contributed by atoms with E-state index in [4.69, 9.17) is 0 Å². The van der Waals surface area contributed by atoms with E-state index in [2.05, 4.69) is 16.7 Å². The van der Waals surface area contributed by atoms with Crippen LogP contribution in [0, 0.1) is 0 Å². The number of rotatable bonds is 11. The molecule has 4 heteroatoms. The molecule has 1 atom stereocenters. The second kappa shape index (κ2) is 11.0. The minimum absolute atomic E-state index is 0.308. The smallest absolute Gasteiger partial charge is 0.322 e. The lowest BCUT2D eigenvalue weighted by atomic mass is 10.1. The summed E-state index contributed by atoms with van der Waals surface area (Å²) in [5, 5.41) is 9.30. The lowest BCUT2D eigenvalue weighted by molar-refractivity contribution is -0.145. The average Bonchev–Trinajstić information content (AvgIpc) is 2.49. The topological polar surface area (TPSA) is 43.8 Å². The predicted octanol–water partition coefficient (Wildman–Crippen LogP) is 3.22. The normalized spacial score (nSPS) is 20.8. The summed E-state index contributed by atoms with van der Waals surface area (Å²) >= 11 is 0. The summed E-state index contributed by atoms with van der Waals surface area (Å²) in [5.41, 5.74) is 0. The van der Waals surface area contributed by atoms with E-state index >= 15 is 0 Å². The molecule has 1 aliphatic rings. The Bertz CT molecular complexity index is 284. The minimum Gasteiger partial charge on any atom is -0.480 e. The van der Waals surface area contributed by atoms with Crippen LogP contribution in [0.4, 0.5) is 0 Å². The van der Waals surface area contributed by atoms with Crippen molar-refractivity contribution in [2.75, 3.05) is 32.7 Å². The molecule has 0 aromatic rings. The molecule has 0 radical (unpaired) electrons. The van der Waals surface area contributed by atoms with E-state index in [1.165, 1.54) is 51.4 Å². The van der Waals surface area contributed by atoms with Crippen LogP contribution in [0.15, 0.2) is 0 Å². The van der Waals surface area contributed by atoms with E-state index in [0.29, 0.717) is 6.54 Å². The van der Waals surface area contributed by atoms with Crippen LogP contribution in [0.1, 0.15) is 65.2 Å². The molecule has 124 valence electrons. The van der Waals surface area contributed by atoms with E-state index in [1.807, 2.05) is 6.92 Å². The molecule has 1 aliphatic heterocycles. The Balaban J connectivity index is 2.09. The fourth-order valence-electron chi connectivity index (χ4n) is 3.16. The molecule has 4 nitrogen and oxygen atoms in total. The van der Waals surface area contributed by atoms with Gasteiger partial charge in [0.25, 0.3) is 0 Å². The Kier molecular flexibility index (Phi) is 9.68. The Morgan fingerprint density at radius 3 is 2.19 bits per heavy atom. The molecule has 1 saturated heterocycles. The van der Waals surface area contributed by atoms with Crippen molar-refractivity contribution in [2.24, 2.45) is 0 Å². The van der Waals surface area contributed by atoms with Gasteiger partial charge in [0.15, 0.2) is 0 Å². The molecule has 1 heterocycles. The van der Waals surface area contributed by atoms with Crippen molar-refractivity contribution in [3.63, 3.8) is 0 Å². The summed E-state index contributed by atoms with van der Waals surface area (Å²) in [7, 11) is 0. The molecule has 0 aromatic heterocycles. The highest BCUT2D eigenvalue weighted by Crippen LogP contribution is 2.12. The van der Waals surface area contributed by atoms with Gasteiger partial charge in [-0.25, -0.2) is 0 Å². The fourth-order valence-corrected chi connectivity index (χ4v) is 3.16. The van der Waals surface area contributed by atoms with Crippen LogP contribution in [-0.2, 0) is 4.79 Å². The molecule has 21 heavy (non-hydrogen) atoms. The van der Waals surface area contributed by atoms with Gasteiger partial charge in [0.1, 0.15) is 6.04 Å². The number of unbranched alkanes of at least 4 members (excludes halogenated alkanes) is 7. The Morgan fingerprint density at radius 1 is 1.00 bits per heavy atom. The van der Waals surface area contributed by atoms with Crippen LogP contribution < -0.4 is 0 Å². The van der Waals surface area contributed by atoms with E-state index in [1.54, 1.807) is 0 Å². The highest BCUT2D eigenvalue weighted by Gasteiger charge is 2.30. The number of hydrogen-bond acceptors (Lipinski definition) is 3. The molecule has 1 unspecified atom stereocenters. The zero-order chi connectivity index (χ0) is 15.5. The first-order valence-electron chi connectivity index (χ1n) is 8.88. The molecule has 0 aromatic carbocycles. The van der Waals surface area contributed by atoms with Crippen LogP contribution >= 0.6 is 0 Å². The molecular weight excluding hydrogens is 264 g/mol. The minimum atomic E-state index is -0.669. The predicted molar refractivity (Wildman–Crippen MR) is 87.7 cm³/mol. The number of nitrogens with zero attached hydrogens (tertiary/aromatic N) is 2. The van der Waals surface area contributed by atoms with Crippen molar-refractivity contribution in [3.8, 4) is 0 Å². The third-order valence-electron chi connectivity index (χ3n) is 4.59. The highest BCUT2D eigenvalue weighted by atomic mass is 16.4. The van der Waals surface area contributed by atoms with Crippen molar-refractivity contribution in [2.45, 2.75) is 71.3 Å². The van der Waals surface area contributed by atoms with Crippen molar-refractivity contribution in [1.82, 2.24) is 9.80 Å². The van der Waals surface area contributed by atoms with Gasteiger partial charge in [-0.3, -0.25) is 14.6 Å². The van der Waals surface area contributed by atoms with Gasteiger partial charge in [0.05, 0.1) is 0 Å². The van der Waals surface area contributed by atoms with Gasteiger partial charge in [-0.15, -0.1) is 0 Å². The number of likely N-dealkylation sites (N-methyl/N-ethyl adjacent to an activating group) is 1. The van der Waals surface area contributed by atoms with Gasteiger partial charge < -0.3 is 5.11 Å². The zero-order valence-corrected chi connectivity index (χ0v) is 14.0. The van der Waals surface area contributed by atoms with E-state index in [-0.39, 0.29) is 6.04 Å². The maximum absolute atomic E-state index is 11.3. The van der Waals surface area contributed by atoms with Crippen LogP contribution in [0.25, 0.3) is 0 Å². The van der Waals surface area contributed by atoms with E-state index in [0.717, 1.165) is 26.2 Å². The van der Waals surface area contributed by atoms with Gasteiger partial charge in [0.2, 0.25) is 0 Å². The monoisotopic (exact) mass is 298 g/mol. The first kappa shape index (κ1) is 18.4. The van der Waals surface area contributed by atoms with Crippen LogP contribution in [0.3, 0.4) is 0 Å². The fraction of sp³-hybridized carbons (Fsp3) is 0.941. The lowest BCUT2D eigenvalue weighted by Gasteiger charge is -2.38. The summed E-state index contributed by atoms with van der Waals surface area (Å²) in [5.74, 6) is -0.669. The van der Waals surface area contributed by atoms with E-state index in [9.17, 15) is 9.90 Å². The highest BCUT2D eigenvalue weighted by molar-refractivity contribution is 5.73. The second-order valence-corrected chi connectivity index (χ2v) is 6.26. The number of piperazine rings is 1. The van der Waals surface area contributed by atoms with Gasteiger partial charge >= 0.3 is 5.97 Å². The molecule has 0 saturated carbocycles. The standard InChI is InChI=1S/C17H34N2O2/c1-3-5-6-7-8-9-10-11-12-18-13-14-19(4-2)16(15-18)17(20)21/h16H,3-15H2,1-2H3,(H,20,21). The molecule has 1 rings (SSSR count). The Hall–Kier alpha value is -0.610. The van der Waals surface area contributed by atoms with Crippen molar-refractivity contribution in [1.29, 1.82) is 0 Å². The molecule has 0 spiro atoms. The Morgan fingerprint density at radius 2 is 1.62 bits per heavy atom. The molecule has 1 fully saturated rings. The summed E-state index contributed by atoms with van der Waals surface area (Å²) < 4.78 is 0. The third kappa shape index (κ3) is 7.28.